The van der Waals surface area contributed by atoms with Crippen LogP contribution in [-0.2, 0) is 6.18 Å². The van der Waals surface area contributed by atoms with Gasteiger partial charge >= 0.3 is 6.18 Å². The van der Waals surface area contributed by atoms with E-state index in [2.05, 4.69) is 48.3 Å². The van der Waals surface area contributed by atoms with Crippen molar-refractivity contribution in [2.24, 2.45) is 0 Å². The molecule has 30 heavy (non-hydrogen) atoms. The lowest BCUT2D eigenvalue weighted by Crippen LogP contribution is -2.19. The quantitative estimate of drug-likeness (QED) is 0.316. The van der Waals surface area contributed by atoms with E-state index in [1.165, 1.54) is 5.56 Å². The summed E-state index contributed by atoms with van der Waals surface area (Å²) in [6.45, 7) is 8.49. The molecule has 0 aromatic heterocycles. The molecule has 0 saturated heterocycles. The topological polar surface area (TPSA) is 6.48 Å². The summed E-state index contributed by atoms with van der Waals surface area (Å²) in [5.41, 5.74) is 3.36. The zero-order chi connectivity index (χ0) is 21.7. The van der Waals surface area contributed by atoms with Gasteiger partial charge in [-0.25, -0.2) is 0 Å². The number of likely N-dealkylation sites (N-methyl/N-ethyl adjacent to an activating group) is 1. The Morgan fingerprint density at radius 1 is 1.20 bits per heavy atom. The molecule has 1 aliphatic rings. The standard InChI is InChI=1S/C25H27F3N2/c1-4-15-29(3)16-7-5-6-8-20-9-14-24-23(17-20)19(2)18-30(24)22-12-10-21(11-13-22)25(26,27)28/h4,9-14,17,19H,1,5,7,15-16,18H2,2-3H3. The SMILES string of the molecule is C=CCN(C)CCCC#Cc1ccc2c(c1)C(C)CN2c1ccc(C(F)(F)F)cc1. The number of hydrogen-bond donors (Lipinski definition) is 0. The second-order valence-corrected chi connectivity index (χ2v) is 7.79. The minimum absolute atomic E-state index is 0.289. The summed E-state index contributed by atoms with van der Waals surface area (Å²) in [4.78, 5) is 4.29. The molecule has 0 radical (unpaired) electrons. The number of benzene rings is 2. The van der Waals surface area contributed by atoms with Crippen molar-refractivity contribution in [3.63, 3.8) is 0 Å². The van der Waals surface area contributed by atoms with Crippen molar-refractivity contribution in [2.75, 3.05) is 31.6 Å². The molecule has 1 atom stereocenters. The van der Waals surface area contributed by atoms with Gasteiger partial charge in [0.05, 0.1) is 5.56 Å². The fourth-order valence-corrected chi connectivity index (χ4v) is 3.73. The van der Waals surface area contributed by atoms with Crippen LogP contribution in [-0.4, -0.2) is 31.6 Å². The summed E-state index contributed by atoms with van der Waals surface area (Å²) in [7, 11) is 2.07. The van der Waals surface area contributed by atoms with Gasteiger partial charge in [-0.15, -0.1) is 6.58 Å². The van der Waals surface area contributed by atoms with Gasteiger partial charge < -0.3 is 9.80 Å². The van der Waals surface area contributed by atoms with Crippen molar-refractivity contribution in [3.05, 3.63) is 71.8 Å². The Morgan fingerprint density at radius 3 is 2.60 bits per heavy atom. The second kappa shape index (κ2) is 9.40. The summed E-state index contributed by atoms with van der Waals surface area (Å²) in [5, 5.41) is 0. The van der Waals surface area contributed by atoms with Crippen molar-refractivity contribution in [2.45, 2.75) is 31.9 Å². The number of unbranched alkanes of at least 4 members (excludes halogenated alkanes) is 1. The summed E-state index contributed by atoms with van der Waals surface area (Å²) >= 11 is 0. The van der Waals surface area contributed by atoms with E-state index in [9.17, 15) is 13.2 Å². The molecule has 0 bridgehead atoms. The molecule has 3 rings (SSSR count). The lowest BCUT2D eigenvalue weighted by atomic mass is 10.0. The number of rotatable bonds is 6. The zero-order valence-corrected chi connectivity index (χ0v) is 17.5. The van der Waals surface area contributed by atoms with Crippen LogP contribution in [0.15, 0.2) is 55.1 Å². The third-order valence-electron chi connectivity index (χ3n) is 5.33. The van der Waals surface area contributed by atoms with Gasteiger partial charge in [-0.2, -0.15) is 13.2 Å². The first-order chi connectivity index (χ1) is 14.3. The van der Waals surface area contributed by atoms with Crippen LogP contribution in [0, 0.1) is 11.8 Å². The summed E-state index contributed by atoms with van der Waals surface area (Å²) in [5.74, 6) is 6.78. The third-order valence-corrected chi connectivity index (χ3v) is 5.33. The fraction of sp³-hybridized carbons (Fsp3) is 0.360. The van der Waals surface area contributed by atoms with E-state index in [1.807, 2.05) is 18.2 Å². The van der Waals surface area contributed by atoms with Gasteiger partial charge in [0.25, 0.3) is 0 Å². The Bertz CT molecular complexity index is 936. The average Bonchev–Trinajstić information content (AvgIpc) is 3.03. The molecule has 0 fully saturated rings. The van der Waals surface area contributed by atoms with Crippen LogP contribution in [0.2, 0.25) is 0 Å². The smallest absolute Gasteiger partial charge is 0.341 e. The Balaban J connectivity index is 1.69. The van der Waals surface area contributed by atoms with Crippen molar-refractivity contribution in [3.8, 4) is 11.8 Å². The van der Waals surface area contributed by atoms with Gasteiger partial charge in [-0.3, -0.25) is 0 Å². The van der Waals surface area contributed by atoms with Crippen molar-refractivity contribution < 1.29 is 13.2 Å². The predicted octanol–water partition coefficient (Wildman–Crippen LogP) is 6.21. The Hall–Kier alpha value is -2.71. The maximum Gasteiger partial charge on any atom is 0.416 e. The molecular formula is C25H27F3N2. The zero-order valence-electron chi connectivity index (χ0n) is 17.5. The van der Waals surface area contributed by atoms with E-state index in [4.69, 9.17) is 0 Å². The lowest BCUT2D eigenvalue weighted by molar-refractivity contribution is -0.137. The van der Waals surface area contributed by atoms with E-state index < -0.39 is 11.7 Å². The van der Waals surface area contributed by atoms with Gasteiger partial charge in [-0.05, 0) is 68.0 Å². The first kappa shape index (κ1) is 22.0. The van der Waals surface area contributed by atoms with Gasteiger partial charge in [0.2, 0.25) is 0 Å². The maximum atomic E-state index is 12.8. The van der Waals surface area contributed by atoms with Crippen molar-refractivity contribution >= 4 is 11.4 Å². The van der Waals surface area contributed by atoms with Gasteiger partial charge in [0, 0.05) is 42.4 Å². The summed E-state index contributed by atoms with van der Waals surface area (Å²) in [6, 6.07) is 11.5. The Labute approximate surface area is 177 Å². The van der Waals surface area contributed by atoms with E-state index in [0.29, 0.717) is 0 Å². The van der Waals surface area contributed by atoms with Gasteiger partial charge in [-0.1, -0.05) is 24.8 Å². The minimum atomic E-state index is -4.32. The number of hydrogen-bond acceptors (Lipinski definition) is 2. The fourth-order valence-electron chi connectivity index (χ4n) is 3.73. The normalized spacial score (nSPS) is 15.7. The molecule has 0 amide bonds. The Kier molecular flexibility index (Phi) is 6.89. The predicted molar refractivity (Wildman–Crippen MR) is 117 cm³/mol. The number of anilines is 2. The average molecular weight is 412 g/mol. The second-order valence-electron chi connectivity index (χ2n) is 7.79. The van der Waals surface area contributed by atoms with Crippen LogP contribution in [0.4, 0.5) is 24.5 Å². The van der Waals surface area contributed by atoms with Gasteiger partial charge in [0.15, 0.2) is 0 Å². The number of nitrogens with zero attached hydrogens (tertiary/aromatic N) is 2. The van der Waals surface area contributed by atoms with E-state index in [0.717, 1.165) is 61.5 Å². The summed E-state index contributed by atoms with van der Waals surface area (Å²) < 4.78 is 38.5. The lowest BCUT2D eigenvalue weighted by Gasteiger charge is -2.20. The molecule has 1 aliphatic heterocycles. The van der Waals surface area contributed by atoms with Gasteiger partial charge in [0.1, 0.15) is 0 Å². The maximum absolute atomic E-state index is 12.8. The molecule has 2 aromatic rings. The first-order valence-corrected chi connectivity index (χ1v) is 10.2. The van der Waals surface area contributed by atoms with E-state index in [-0.39, 0.29) is 5.92 Å². The molecule has 158 valence electrons. The third kappa shape index (κ3) is 5.25. The molecular weight excluding hydrogens is 385 g/mol. The summed E-state index contributed by atoms with van der Waals surface area (Å²) in [6.07, 6.45) is -0.569. The highest BCUT2D eigenvalue weighted by Gasteiger charge is 2.31. The first-order valence-electron chi connectivity index (χ1n) is 10.2. The minimum Gasteiger partial charge on any atom is -0.341 e. The molecule has 1 unspecified atom stereocenters. The largest absolute Gasteiger partial charge is 0.416 e. The highest BCUT2D eigenvalue weighted by atomic mass is 19.4. The van der Waals surface area contributed by atoms with Crippen LogP contribution in [0.25, 0.3) is 0 Å². The molecule has 1 heterocycles. The molecule has 0 spiro atoms. The van der Waals surface area contributed by atoms with Crippen LogP contribution >= 0.6 is 0 Å². The molecule has 5 heteroatoms. The number of alkyl halides is 3. The highest BCUT2D eigenvalue weighted by Crippen LogP contribution is 2.41. The van der Waals surface area contributed by atoms with Crippen LogP contribution in [0.5, 0.6) is 0 Å². The Morgan fingerprint density at radius 2 is 1.93 bits per heavy atom. The van der Waals surface area contributed by atoms with Crippen molar-refractivity contribution in [1.82, 2.24) is 4.90 Å². The van der Waals surface area contributed by atoms with Crippen LogP contribution in [0.3, 0.4) is 0 Å². The van der Waals surface area contributed by atoms with E-state index >= 15 is 0 Å². The number of halogens is 3. The molecule has 0 N–H and O–H groups in total. The molecule has 2 aromatic carbocycles. The van der Waals surface area contributed by atoms with Crippen LogP contribution in [0.1, 0.15) is 42.4 Å². The molecule has 2 nitrogen and oxygen atoms in total. The monoisotopic (exact) mass is 412 g/mol. The highest BCUT2D eigenvalue weighted by molar-refractivity contribution is 5.72. The number of fused-ring (bicyclic) bond motifs is 1. The molecule has 0 saturated carbocycles. The van der Waals surface area contributed by atoms with Crippen LogP contribution < -0.4 is 4.90 Å². The van der Waals surface area contributed by atoms with Crippen molar-refractivity contribution in [1.29, 1.82) is 0 Å². The molecule has 0 aliphatic carbocycles. The van der Waals surface area contributed by atoms with E-state index in [1.54, 1.807) is 12.1 Å².